The Kier molecular flexibility index (Phi) is 5.99. The summed E-state index contributed by atoms with van der Waals surface area (Å²) >= 11 is 0. The van der Waals surface area contributed by atoms with E-state index < -0.39 is 0 Å². The molecule has 0 radical (unpaired) electrons. The molecule has 1 fully saturated rings. The van der Waals surface area contributed by atoms with Crippen LogP contribution in [0.3, 0.4) is 0 Å². The molecule has 2 N–H and O–H groups in total. The molecule has 1 aliphatic heterocycles. The first-order valence-electron chi connectivity index (χ1n) is 10.2. The second-order valence-corrected chi connectivity index (χ2v) is 7.54. The molecule has 0 amide bonds. The maximum atomic E-state index is 5.29. The minimum Gasteiger partial charge on any atom is -0.497 e. The van der Waals surface area contributed by atoms with Crippen LogP contribution in [-0.2, 0) is 0 Å². The van der Waals surface area contributed by atoms with Crippen LogP contribution in [0.4, 0.5) is 28.8 Å². The van der Waals surface area contributed by atoms with Crippen molar-refractivity contribution in [2.45, 2.75) is 6.92 Å². The molecular formula is C23H28N6O. The van der Waals surface area contributed by atoms with E-state index in [1.807, 2.05) is 37.4 Å². The van der Waals surface area contributed by atoms with E-state index in [4.69, 9.17) is 4.74 Å². The third kappa shape index (κ3) is 4.80. The van der Waals surface area contributed by atoms with Crippen LogP contribution in [0.2, 0.25) is 0 Å². The zero-order valence-electron chi connectivity index (χ0n) is 17.7. The van der Waals surface area contributed by atoms with Crippen molar-refractivity contribution in [3.8, 4) is 5.75 Å². The molecule has 3 aromatic rings. The lowest BCUT2D eigenvalue weighted by Crippen LogP contribution is -2.44. The first-order chi connectivity index (χ1) is 14.6. The average Bonchev–Trinajstić information content (AvgIpc) is 2.77. The number of nitrogens with one attached hydrogen (secondary N) is 2. The lowest BCUT2D eigenvalue weighted by molar-refractivity contribution is 0.313. The summed E-state index contributed by atoms with van der Waals surface area (Å²) < 4.78 is 5.29. The summed E-state index contributed by atoms with van der Waals surface area (Å²) in [6, 6.07) is 16.2. The number of methoxy groups -OCH3 is 1. The van der Waals surface area contributed by atoms with Gasteiger partial charge in [0.05, 0.1) is 7.11 Å². The van der Waals surface area contributed by atoms with Crippen molar-refractivity contribution >= 4 is 28.8 Å². The highest BCUT2D eigenvalue weighted by molar-refractivity contribution is 5.64. The van der Waals surface area contributed by atoms with Crippen molar-refractivity contribution in [1.29, 1.82) is 0 Å². The highest BCUT2D eigenvalue weighted by Gasteiger charge is 2.14. The lowest BCUT2D eigenvalue weighted by Gasteiger charge is -2.34. The van der Waals surface area contributed by atoms with E-state index >= 15 is 0 Å². The van der Waals surface area contributed by atoms with Crippen molar-refractivity contribution in [3.63, 3.8) is 0 Å². The number of aryl methyl sites for hydroxylation is 1. The third-order valence-electron chi connectivity index (χ3n) is 5.30. The van der Waals surface area contributed by atoms with Crippen molar-refractivity contribution in [2.75, 3.05) is 55.9 Å². The summed E-state index contributed by atoms with van der Waals surface area (Å²) in [5, 5.41) is 6.65. The largest absolute Gasteiger partial charge is 0.497 e. The number of aromatic nitrogens is 2. The maximum absolute atomic E-state index is 5.29. The molecule has 2 aromatic carbocycles. The fourth-order valence-corrected chi connectivity index (χ4v) is 3.42. The molecule has 1 saturated heterocycles. The molecule has 30 heavy (non-hydrogen) atoms. The highest BCUT2D eigenvalue weighted by atomic mass is 16.5. The summed E-state index contributed by atoms with van der Waals surface area (Å²) in [5.74, 6) is 2.11. The Labute approximate surface area is 177 Å². The van der Waals surface area contributed by atoms with Gasteiger partial charge < -0.3 is 25.2 Å². The Hall–Kier alpha value is -3.32. The predicted molar refractivity (Wildman–Crippen MR) is 122 cm³/mol. The molecule has 0 aliphatic carbocycles. The Morgan fingerprint density at radius 2 is 1.70 bits per heavy atom. The smallest absolute Gasteiger partial charge is 0.229 e. The van der Waals surface area contributed by atoms with Crippen molar-refractivity contribution in [1.82, 2.24) is 14.9 Å². The number of benzene rings is 2. The Bertz CT molecular complexity index is 983. The van der Waals surface area contributed by atoms with Crippen LogP contribution < -0.4 is 20.3 Å². The van der Waals surface area contributed by atoms with E-state index in [0.29, 0.717) is 5.95 Å². The molecular weight excluding hydrogens is 376 g/mol. The Morgan fingerprint density at radius 3 is 2.43 bits per heavy atom. The van der Waals surface area contributed by atoms with Gasteiger partial charge in [0, 0.05) is 61.1 Å². The number of ether oxygens (including phenoxy) is 1. The van der Waals surface area contributed by atoms with Crippen LogP contribution >= 0.6 is 0 Å². The topological polar surface area (TPSA) is 65.6 Å². The fourth-order valence-electron chi connectivity index (χ4n) is 3.42. The molecule has 156 valence electrons. The van der Waals surface area contributed by atoms with E-state index in [-0.39, 0.29) is 0 Å². The standard InChI is InChI=1S/C23H28N6O/c1-17-16-24-23(27-22(17)25-19-5-4-6-21(15-19)30-3)26-18-7-9-20(10-8-18)29-13-11-28(2)12-14-29/h4-10,15-16H,11-14H2,1-3H3,(H2,24,25,26,27). The van der Waals surface area contributed by atoms with Crippen LogP contribution in [0, 0.1) is 6.92 Å². The second-order valence-electron chi connectivity index (χ2n) is 7.54. The van der Waals surface area contributed by atoms with Gasteiger partial charge in [0.15, 0.2) is 0 Å². The molecule has 2 heterocycles. The SMILES string of the molecule is COc1cccc(Nc2nc(Nc3ccc(N4CCN(C)CC4)cc3)ncc2C)c1. The monoisotopic (exact) mass is 404 g/mol. The fraction of sp³-hybridized carbons (Fsp3) is 0.304. The van der Waals surface area contributed by atoms with Crippen LogP contribution in [0.15, 0.2) is 54.7 Å². The summed E-state index contributed by atoms with van der Waals surface area (Å²) in [7, 11) is 3.83. The van der Waals surface area contributed by atoms with Gasteiger partial charge in [-0.25, -0.2) is 4.98 Å². The number of hydrogen-bond donors (Lipinski definition) is 2. The summed E-state index contributed by atoms with van der Waals surface area (Å²) in [6.45, 7) is 6.30. The number of anilines is 5. The van der Waals surface area contributed by atoms with Gasteiger partial charge >= 0.3 is 0 Å². The summed E-state index contributed by atoms with van der Waals surface area (Å²) in [5.41, 5.74) is 4.09. The van der Waals surface area contributed by atoms with Crippen LogP contribution in [-0.4, -0.2) is 55.2 Å². The van der Waals surface area contributed by atoms with E-state index in [9.17, 15) is 0 Å². The molecule has 7 heteroatoms. The van der Waals surface area contributed by atoms with Crippen molar-refractivity contribution in [3.05, 3.63) is 60.3 Å². The van der Waals surface area contributed by atoms with Crippen LogP contribution in [0.1, 0.15) is 5.56 Å². The summed E-state index contributed by atoms with van der Waals surface area (Å²) in [4.78, 5) is 13.9. The molecule has 0 unspecified atom stereocenters. The Balaban J connectivity index is 1.45. The van der Waals surface area contributed by atoms with Gasteiger partial charge in [-0.15, -0.1) is 0 Å². The molecule has 0 saturated carbocycles. The van der Waals surface area contributed by atoms with Gasteiger partial charge in [-0.3, -0.25) is 0 Å². The third-order valence-corrected chi connectivity index (χ3v) is 5.30. The zero-order chi connectivity index (χ0) is 20.9. The number of hydrogen-bond acceptors (Lipinski definition) is 7. The van der Waals surface area contributed by atoms with E-state index in [0.717, 1.165) is 54.7 Å². The Morgan fingerprint density at radius 1 is 0.933 bits per heavy atom. The van der Waals surface area contributed by atoms with Gasteiger partial charge in [0.25, 0.3) is 0 Å². The normalized spacial score (nSPS) is 14.4. The summed E-state index contributed by atoms with van der Waals surface area (Å²) in [6.07, 6.45) is 1.82. The van der Waals surface area contributed by atoms with Crippen molar-refractivity contribution in [2.24, 2.45) is 0 Å². The number of nitrogens with zero attached hydrogens (tertiary/aromatic N) is 4. The first kappa shape index (κ1) is 20.0. The molecule has 1 aliphatic rings. The minimum absolute atomic E-state index is 0.554. The van der Waals surface area contributed by atoms with Crippen LogP contribution in [0.5, 0.6) is 5.75 Å². The van der Waals surface area contributed by atoms with E-state index in [1.54, 1.807) is 7.11 Å². The molecule has 0 atom stereocenters. The molecule has 0 bridgehead atoms. The molecule has 7 nitrogen and oxygen atoms in total. The zero-order valence-corrected chi connectivity index (χ0v) is 17.7. The van der Waals surface area contributed by atoms with Gasteiger partial charge in [-0.2, -0.15) is 4.98 Å². The second kappa shape index (κ2) is 9.00. The van der Waals surface area contributed by atoms with Gasteiger partial charge in [-0.05, 0) is 50.4 Å². The number of piperazine rings is 1. The van der Waals surface area contributed by atoms with E-state index in [2.05, 4.69) is 61.7 Å². The van der Waals surface area contributed by atoms with Gasteiger partial charge in [-0.1, -0.05) is 6.07 Å². The molecule has 1 aromatic heterocycles. The minimum atomic E-state index is 0.554. The number of likely N-dealkylation sites (N-methyl/N-ethyl adjacent to an activating group) is 1. The highest BCUT2D eigenvalue weighted by Crippen LogP contribution is 2.25. The molecule has 0 spiro atoms. The van der Waals surface area contributed by atoms with Gasteiger partial charge in [0.1, 0.15) is 11.6 Å². The first-order valence-corrected chi connectivity index (χ1v) is 10.2. The van der Waals surface area contributed by atoms with Crippen LogP contribution in [0.25, 0.3) is 0 Å². The lowest BCUT2D eigenvalue weighted by atomic mass is 10.2. The maximum Gasteiger partial charge on any atom is 0.229 e. The average molecular weight is 405 g/mol. The quantitative estimate of drug-likeness (QED) is 0.643. The van der Waals surface area contributed by atoms with E-state index in [1.165, 1.54) is 5.69 Å². The van der Waals surface area contributed by atoms with Crippen molar-refractivity contribution < 1.29 is 4.74 Å². The predicted octanol–water partition coefficient (Wildman–Crippen LogP) is 4.03. The number of rotatable bonds is 6. The van der Waals surface area contributed by atoms with Gasteiger partial charge in [0.2, 0.25) is 5.95 Å². The molecule has 4 rings (SSSR count).